The molecule has 9 nitrogen and oxygen atoms in total. The monoisotopic (exact) mass is 499 g/mol. The van der Waals surface area contributed by atoms with Gasteiger partial charge in [0.05, 0.1) is 17.1 Å². The Labute approximate surface area is 201 Å². The molecule has 0 aromatic heterocycles. The Hall–Kier alpha value is -2.17. The van der Waals surface area contributed by atoms with Gasteiger partial charge in [0.2, 0.25) is 5.91 Å². The zero-order valence-electron chi connectivity index (χ0n) is 20.1. The fourth-order valence-electron chi connectivity index (χ4n) is 3.27. The van der Waals surface area contributed by atoms with Crippen molar-refractivity contribution in [2.45, 2.75) is 76.4 Å². The van der Waals surface area contributed by atoms with Crippen LogP contribution in [-0.2, 0) is 20.6 Å². The lowest BCUT2D eigenvalue weighted by Crippen LogP contribution is -2.45. The number of alkyl halides is 1. The highest BCUT2D eigenvalue weighted by Crippen LogP contribution is 2.39. The van der Waals surface area contributed by atoms with Crippen molar-refractivity contribution < 1.29 is 23.7 Å². The second-order valence-corrected chi connectivity index (χ2v) is 15.3. The van der Waals surface area contributed by atoms with Crippen molar-refractivity contribution in [2.75, 3.05) is 13.1 Å². The van der Waals surface area contributed by atoms with Crippen molar-refractivity contribution in [1.82, 2.24) is 10.2 Å². The average molecular weight is 500 g/mol. The lowest BCUT2D eigenvalue weighted by Gasteiger charge is -2.38. The predicted molar refractivity (Wildman–Crippen MR) is 129 cm³/mol. The number of rotatable bonds is 8. The largest absolute Gasteiger partial charge is 0.445 e. The first-order valence-corrected chi connectivity index (χ1v) is 14.3. The SMILES string of the molecule is CC(Cl)C(=O)NC[C@@H]1C[C@@H](O[Si](C)(C)C(C)(C)C)CN1C(=O)OCc1ccc([N+](=O)[O-])cc1. The van der Waals surface area contributed by atoms with Crippen molar-refractivity contribution >= 4 is 37.6 Å². The van der Waals surface area contributed by atoms with Gasteiger partial charge in [0.15, 0.2) is 8.32 Å². The number of hydrogen-bond acceptors (Lipinski definition) is 6. The number of non-ortho nitro benzene ring substituents is 1. The molecule has 1 aliphatic heterocycles. The summed E-state index contributed by atoms with van der Waals surface area (Å²) in [5, 5.41) is 12.9. The van der Waals surface area contributed by atoms with Gasteiger partial charge < -0.3 is 19.4 Å². The minimum absolute atomic E-state index is 0.0150. The Bertz CT molecular complexity index is 857. The van der Waals surface area contributed by atoms with Gasteiger partial charge in [0, 0.05) is 25.2 Å². The molecule has 1 N–H and O–H groups in total. The molecule has 0 bridgehead atoms. The Morgan fingerprint density at radius 2 is 1.91 bits per heavy atom. The molecule has 0 saturated carbocycles. The van der Waals surface area contributed by atoms with E-state index in [1.165, 1.54) is 12.1 Å². The molecule has 1 aliphatic rings. The minimum atomic E-state index is -2.05. The zero-order chi connectivity index (χ0) is 25.0. The molecule has 33 heavy (non-hydrogen) atoms. The molecule has 1 saturated heterocycles. The van der Waals surface area contributed by atoms with Gasteiger partial charge in [-0.3, -0.25) is 14.9 Å². The summed E-state index contributed by atoms with van der Waals surface area (Å²) in [6.07, 6.45) is -0.100. The van der Waals surface area contributed by atoms with Gasteiger partial charge in [-0.25, -0.2) is 4.79 Å². The lowest BCUT2D eigenvalue weighted by atomic mass is 10.2. The smallest absolute Gasteiger partial charge is 0.410 e. The Morgan fingerprint density at radius 1 is 1.30 bits per heavy atom. The van der Waals surface area contributed by atoms with Gasteiger partial charge in [0.25, 0.3) is 5.69 Å². The number of carbonyl (C=O) groups is 2. The molecule has 0 spiro atoms. The van der Waals surface area contributed by atoms with E-state index >= 15 is 0 Å². The molecule has 11 heteroatoms. The van der Waals surface area contributed by atoms with Crippen LogP contribution in [0.15, 0.2) is 24.3 Å². The summed E-state index contributed by atoms with van der Waals surface area (Å²) >= 11 is 5.85. The van der Waals surface area contributed by atoms with Crippen LogP contribution in [0.25, 0.3) is 0 Å². The highest BCUT2D eigenvalue weighted by atomic mass is 35.5. The van der Waals surface area contributed by atoms with Crippen LogP contribution in [0.2, 0.25) is 18.1 Å². The van der Waals surface area contributed by atoms with Gasteiger partial charge in [-0.1, -0.05) is 20.8 Å². The molecule has 2 rings (SSSR count). The van der Waals surface area contributed by atoms with E-state index in [0.29, 0.717) is 18.5 Å². The number of nitro groups is 1. The lowest BCUT2D eigenvalue weighted by molar-refractivity contribution is -0.384. The van der Waals surface area contributed by atoms with Gasteiger partial charge in [-0.2, -0.15) is 0 Å². The first-order valence-electron chi connectivity index (χ1n) is 11.0. The van der Waals surface area contributed by atoms with E-state index in [2.05, 4.69) is 39.2 Å². The third kappa shape index (κ3) is 7.41. The summed E-state index contributed by atoms with van der Waals surface area (Å²) < 4.78 is 12.0. The summed E-state index contributed by atoms with van der Waals surface area (Å²) in [4.78, 5) is 36.8. The van der Waals surface area contributed by atoms with Crippen LogP contribution >= 0.6 is 11.6 Å². The number of nitrogens with zero attached hydrogens (tertiary/aromatic N) is 2. The van der Waals surface area contributed by atoms with Crippen molar-refractivity contribution in [3.8, 4) is 0 Å². The van der Waals surface area contributed by atoms with Gasteiger partial charge >= 0.3 is 6.09 Å². The summed E-state index contributed by atoms with van der Waals surface area (Å²) in [6.45, 7) is 13.0. The summed E-state index contributed by atoms with van der Waals surface area (Å²) in [5.41, 5.74) is 0.614. The summed E-state index contributed by atoms with van der Waals surface area (Å²) in [6, 6.07) is 5.56. The molecule has 2 amide bonds. The van der Waals surface area contributed by atoms with E-state index in [0.717, 1.165) is 0 Å². The number of amides is 2. The van der Waals surface area contributed by atoms with Crippen molar-refractivity contribution in [1.29, 1.82) is 0 Å². The molecule has 1 unspecified atom stereocenters. The van der Waals surface area contributed by atoms with E-state index in [-0.39, 0.29) is 41.9 Å². The number of hydrogen-bond donors (Lipinski definition) is 1. The van der Waals surface area contributed by atoms with Gasteiger partial charge in [-0.05, 0) is 49.2 Å². The standard InChI is InChI=1S/C22H34ClN3O6Si/c1-15(23)20(27)24-12-18-11-19(32-33(5,6)22(2,3)4)13-25(18)21(28)31-14-16-7-9-17(10-8-16)26(29)30/h7-10,15,18-19H,11-14H2,1-6H3,(H,24,27)/t15?,18-,19+/m0/s1. The van der Waals surface area contributed by atoms with E-state index in [1.54, 1.807) is 24.0 Å². The number of nitrogens with one attached hydrogen (secondary N) is 1. The van der Waals surface area contributed by atoms with E-state index in [1.807, 2.05) is 0 Å². The van der Waals surface area contributed by atoms with E-state index < -0.39 is 24.7 Å². The molecule has 1 heterocycles. The van der Waals surface area contributed by atoms with E-state index in [4.69, 9.17) is 20.8 Å². The molecule has 1 aromatic rings. The Balaban J connectivity index is 2.07. The van der Waals surface area contributed by atoms with Crippen molar-refractivity contribution in [3.63, 3.8) is 0 Å². The van der Waals surface area contributed by atoms with Crippen LogP contribution in [0.1, 0.15) is 39.7 Å². The summed E-state index contributed by atoms with van der Waals surface area (Å²) in [5.74, 6) is -0.301. The fraction of sp³-hybridized carbons (Fsp3) is 0.636. The second-order valence-electron chi connectivity index (χ2n) is 9.88. The van der Waals surface area contributed by atoms with Crippen molar-refractivity contribution in [2.24, 2.45) is 0 Å². The third-order valence-electron chi connectivity index (χ3n) is 6.26. The number of likely N-dealkylation sites (tertiary alicyclic amines) is 1. The first kappa shape index (κ1) is 27.1. The van der Waals surface area contributed by atoms with Crippen LogP contribution in [-0.4, -0.2) is 60.8 Å². The summed E-state index contributed by atoms with van der Waals surface area (Å²) in [7, 11) is -2.05. The van der Waals surface area contributed by atoms with E-state index in [9.17, 15) is 19.7 Å². The maximum Gasteiger partial charge on any atom is 0.410 e. The maximum absolute atomic E-state index is 12.9. The molecule has 0 aliphatic carbocycles. The highest BCUT2D eigenvalue weighted by Gasteiger charge is 2.44. The molecular formula is C22H34ClN3O6Si. The number of carbonyl (C=O) groups excluding carboxylic acids is 2. The predicted octanol–water partition coefficient (Wildman–Crippen LogP) is 4.44. The third-order valence-corrected chi connectivity index (χ3v) is 11.0. The minimum Gasteiger partial charge on any atom is -0.445 e. The molecule has 3 atom stereocenters. The maximum atomic E-state index is 12.9. The molecule has 1 fully saturated rings. The van der Waals surface area contributed by atoms with Gasteiger partial charge in [-0.15, -0.1) is 11.6 Å². The first-order chi connectivity index (χ1) is 15.2. The van der Waals surface area contributed by atoms with Crippen LogP contribution in [0, 0.1) is 10.1 Å². The zero-order valence-corrected chi connectivity index (χ0v) is 21.8. The highest BCUT2D eigenvalue weighted by molar-refractivity contribution is 6.74. The number of halogens is 1. The molecular weight excluding hydrogens is 466 g/mol. The molecule has 1 aromatic carbocycles. The van der Waals surface area contributed by atoms with Gasteiger partial charge in [0.1, 0.15) is 12.0 Å². The Morgan fingerprint density at radius 3 is 2.42 bits per heavy atom. The number of ether oxygens (including phenoxy) is 1. The van der Waals surface area contributed by atoms with Crippen LogP contribution < -0.4 is 5.32 Å². The van der Waals surface area contributed by atoms with Crippen LogP contribution in [0.4, 0.5) is 10.5 Å². The molecule has 0 radical (unpaired) electrons. The topological polar surface area (TPSA) is 111 Å². The van der Waals surface area contributed by atoms with Crippen LogP contribution in [0.3, 0.4) is 0 Å². The normalized spacial score (nSPS) is 19.8. The van der Waals surface area contributed by atoms with Crippen LogP contribution in [0.5, 0.6) is 0 Å². The average Bonchev–Trinajstić information content (AvgIpc) is 3.11. The second kappa shape index (κ2) is 10.8. The number of benzene rings is 1. The quantitative estimate of drug-likeness (QED) is 0.245. The van der Waals surface area contributed by atoms with Crippen molar-refractivity contribution in [3.05, 3.63) is 39.9 Å². The molecule has 184 valence electrons. The number of nitro benzene ring substituents is 1. The Kier molecular flexibility index (Phi) is 8.89. The fourth-order valence-corrected chi connectivity index (χ4v) is 4.71.